The number of carbonyl (C=O) groups excluding carboxylic acids is 3. The Morgan fingerprint density at radius 1 is 0.822 bits per heavy atom. The Hall–Kier alpha value is -3.55. The summed E-state index contributed by atoms with van der Waals surface area (Å²) in [5.74, 6) is 4.47. The van der Waals surface area contributed by atoms with Crippen LogP contribution in [0.15, 0.2) is 42.5 Å². The molecule has 246 valence electrons. The van der Waals surface area contributed by atoms with Gasteiger partial charge in [-0.05, 0) is 81.6 Å². The van der Waals surface area contributed by atoms with Gasteiger partial charge in [0.2, 0.25) is 0 Å². The summed E-state index contributed by atoms with van der Waals surface area (Å²) in [5.41, 5.74) is 1.39. The van der Waals surface area contributed by atoms with E-state index < -0.39 is 24.0 Å². The molecule has 0 amide bonds. The number of hydrogen-bond acceptors (Lipinski definition) is 7. The quantitative estimate of drug-likeness (QED) is 0.0467. The summed E-state index contributed by atoms with van der Waals surface area (Å²) in [7, 11) is 0. The van der Waals surface area contributed by atoms with Crippen molar-refractivity contribution in [3.05, 3.63) is 48.0 Å². The molecule has 0 aliphatic heterocycles. The molecule has 1 aliphatic carbocycles. The Bertz CT molecular complexity index is 1060. The van der Waals surface area contributed by atoms with Crippen molar-refractivity contribution in [2.24, 2.45) is 11.8 Å². The van der Waals surface area contributed by atoms with Crippen LogP contribution in [0.25, 0.3) is 0 Å². The Morgan fingerprint density at radius 3 is 2.11 bits per heavy atom. The van der Waals surface area contributed by atoms with E-state index in [-0.39, 0.29) is 38.6 Å². The number of unbranched alkanes of at least 4 members (excludes halogenated alkanes) is 5. The van der Waals surface area contributed by atoms with Crippen LogP contribution in [0.5, 0.6) is 0 Å². The van der Waals surface area contributed by atoms with Crippen LogP contribution < -0.4 is 0 Å². The number of terminal acetylenes is 2. The third-order valence-corrected chi connectivity index (χ3v) is 8.20. The maximum Gasteiger partial charge on any atom is 0.306 e. The van der Waals surface area contributed by atoms with Crippen LogP contribution in [0, 0.1) is 36.5 Å². The highest BCUT2D eigenvalue weighted by Crippen LogP contribution is 2.38. The van der Waals surface area contributed by atoms with Crippen molar-refractivity contribution in [3.63, 3.8) is 0 Å². The third-order valence-electron chi connectivity index (χ3n) is 8.20. The smallest absolute Gasteiger partial charge is 0.306 e. The number of ether oxygens (including phenoxy) is 3. The average Bonchev–Trinajstić information content (AvgIpc) is 3.39. The highest BCUT2D eigenvalue weighted by atomic mass is 16.6. The Balaban J connectivity index is 1.68. The number of esters is 3. The second kappa shape index (κ2) is 23.8. The van der Waals surface area contributed by atoms with E-state index in [1.54, 1.807) is 0 Å². The van der Waals surface area contributed by atoms with E-state index in [0.717, 1.165) is 44.9 Å². The van der Waals surface area contributed by atoms with Gasteiger partial charge >= 0.3 is 17.9 Å². The van der Waals surface area contributed by atoms with Gasteiger partial charge in [0.15, 0.2) is 6.10 Å². The number of aliphatic hydroxyl groups excluding tert-OH is 1. The number of allylic oxidation sites excluding steroid dienone is 2. The van der Waals surface area contributed by atoms with Crippen LogP contribution in [0.3, 0.4) is 0 Å². The first-order valence-corrected chi connectivity index (χ1v) is 16.7. The van der Waals surface area contributed by atoms with Gasteiger partial charge in [0.1, 0.15) is 13.2 Å². The first-order chi connectivity index (χ1) is 21.9. The molecule has 1 aromatic rings. The van der Waals surface area contributed by atoms with Crippen LogP contribution in [0.1, 0.15) is 108 Å². The molecule has 1 aliphatic rings. The van der Waals surface area contributed by atoms with Crippen molar-refractivity contribution in [1.82, 2.24) is 0 Å². The van der Waals surface area contributed by atoms with Crippen LogP contribution in [-0.2, 0) is 35.0 Å². The normalized spacial score (nSPS) is 17.6. The summed E-state index contributed by atoms with van der Waals surface area (Å²) in [6.45, 7) is -0.390. The topological polar surface area (TPSA) is 99.1 Å². The van der Waals surface area contributed by atoms with Gasteiger partial charge in [0.05, 0.1) is 6.10 Å². The zero-order chi connectivity index (χ0) is 32.5. The minimum atomic E-state index is -0.884. The lowest BCUT2D eigenvalue weighted by atomic mass is 9.87. The maximum absolute atomic E-state index is 12.5. The molecule has 0 saturated heterocycles. The molecule has 45 heavy (non-hydrogen) atoms. The molecule has 0 aromatic heterocycles. The Morgan fingerprint density at radius 2 is 1.47 bits per heavy atom. The van der Waals surface area contributed by atoms with E-state index in [4.69, 9.17) is 27.1 Å². The van der Waals surface area contributed by atoms with Crippen LogP contribution >= 0.6 is 0 Å². The summed E-state index contributed by atoms with van der Waals surface area (Å²) in [4.78, 5) is 36.5. The lowest BCUT2D eigenvalue weighted by Crippen LogP contribution is -2.30. The van der Waals surface area contributed by atoms with Gasteiger partial charge in [-0.2, -0.15) is 0 Å². The fourth-order valence-corrected chi connectivity index (χ4v) is 5.68. The van der Waals surface area contributed by atoms with E-state index in [1.807, 2.05) is 6.07 Å². The third kappa shape index (κ3) is 17.5. The van der Waals surface area contributed by atoms with E-state index in [9.17, 15) is 19.5 Å². The highest BCUT2D eigenvalue weighted by molar-refractivity contribution is 5.71. The van der Waals surface area contributed by atoms with Crippen molar-refractivity contribution >= 4 is 17.9 Å². The van der Waals surface area contributed by atoms with Gasteiger partial charge in [0.25, 0.3) is 0 Å². The number of benzene rings is 1. The second-order valence-electron chi connectivity index (χ2n) is 11.8. The minimum Gasteiger partial charge on any atom is -0.462 e. The van der Waals surface area contributed by atoms with Crippen molar-refractivity contribution in [2.75, 3.05) is 13.2 Å². The first-order valence-electron chi connectivity index (χ1n) is 16.7. The minimum absolute atomic E-state index is 0.165. The van der Waals surface area contributed by atoms with E-state index in [0.29, 0.717) is 43.9 Å². The zero-order valence-electron chi connectivity index (χ0n) is 26.8. The van der Waals surface area contributed by atoms with E-state index >= 15 is 0 Å². The summed E-state index contributed by atoms with van der Waals surface area (Å²) in [6, 6.07) is 10.6. The van der Waals surface area contributed by atoms with Gasteiger partial charge in [-0.3, -0.25) is 14.4 Å². The molecule has 1 saturated carbocycles. The molecular formula is C38H52O7. The SMILES string of the molecule is C#CCCCC(=O)OCC(COC(=O)CCCC#C)OC(=O)CCC/C=C\C[C@H]1CC[C@@H](O)[C@@H]1CCCCCc1ccccc1. The standard InChI is InChI=1S/C38H52O7/c1-3-5-11-24-36(40)43-29-33(30-44-37(41)25-12-6-4-2)45-38(42)26-18-8-7-16-22-32-27-28-35(39)34(32)23-17-10-15-21-31-19-13-9-14-20-31/h1-2,7,9,13-14,16,19-20,32-35,39H,5-6,8,10-12,15,17-18,21-30H2/b16-7-/t32-,34+,35+/m0/s1. The molecule has 0 bridgehead atoms. The number of carbonyl (C=O) groups is 3. The molecule has 0 spiro atoms. The molecule has 0 heterocycles. The molecular weight excluding hydrogens is 568 g/mol. The number of aliphatic hydroxyl groups is 1. The van der Waals surface area contributed by atoms with Gasteiger partial charge < -0.3 is 19.3 Å². The van der Waals surface area contributed by atoms with Gasteiger partial charge in [0, 0.05) is 32.1 Å². The maximum atomic E-state index is 12.5. The van der Waals surface area contributed by atoms with E-state index in [1.165, 1.54) is 18.4 Å². The fourth-order valence-electron chi connectivity index (χ4n) is 5.68. The monoisotopic (exact) mass is 620 g/mol. The summed E-state index contributed by atoms with van der Waals surface area (Å²) in [5, 5.41) is 10.6. The van der Waals surface area contributed by atoms with Crippen LogP contribution in [0.4, 0.5) is 0 Å². The summed E-state index contributed by atoms with van der Waals surface area (Å²) in [6.07, 6.45) is 26.0. The van der Waals surface area contributed by atoms with Crippen LogP contribution in [-0.4, -0.2) is 48.4 Å². The molecule has 7 heteroatoms. The summed E-state index contributed by atoms with van der Waals surface area (Å²) >= 11 is 0. The van der Waals surface area contributed by atoms with Crippen molar-refractivity contribution in [2.45, 2.75) is 121 Å². The van der Waals surface area contributed by atoms with Crippen molar-refractivity contribution in [1.29, 1.82) is 0 Å². The summed E-state index contributed by atoms with van der Waals surface area (Å²) < 4.78 is 15.9. The Labute approximate surface area is 270 Å². The largest absolute Gasteiger partial charge is 0.462 e. The number of rotatable bonds is 23. The van der Waals surface area contributed by atoms with Crippen molar-refractivity contribution < 1.29 is 33.7 Å². The van der Waals surface area contributed by atoms with Gasteiger partial charge in [-0.25, -0.2) is 0 Å². The molecule has 0 radical (unpaired) electrons. The molecule has 3 atom stereocenters. The predicted molar refractivity (Wildman–Crippen MR) is 176 cm³/mol. The van der Waals surface area contributed by atoms with Gasteiger partial charge in [-0.1, -0.05) is 55.3 Å². The van der Waals surface area contributed by atoms with Gasteiger partial charge in [-0.15, -0.1) is 24.7 Å². The first kappa shape index (κ1) is 37.6. The second-order valence-corrected chi connectivity index (χ2v) is 11.8. The zero-order valence-corrected chi connectivity index (χ0v) is 26.8. The van der Waals surface area contributed by atoms with Crippen molar-refractivity contribution in [3.8, 4) is 24.7 Å². The predicted octanol–water partition coefficient (Wildman–Crippen LogP) is 6.90. The molecule has 1 fully saturated rings. The lowest BCUT2D eigenvalue weighted by Gasteiger charge is -2.21. The molecule has 0 unspecified atom stereocenters. The van der Waals surface area contributed by atoms with E-state index in [2.05, 4.69) is 48.3 Å². The fraction of sp³-hybridized carbons (Fsp3) is 0.605. The molecule has 7 nitrogen and oxygen atoms in total. The average molecular weight is 621 g/mol. The Kier molecular flexibility index (Phi) is 19.9. The number of hydrogen-bond donors (Lipinski definition) is 1. The molecule has 1 N–H and O–H groups in total. The molecule has 2 rings (SSSR count). The number of aryl methyl sites for hydroxylation is 1. The molecule has 1 aromatic carbocycles. The van der Waals surface area contributed by atoms with Crippen LogP contribution in [0.2, 0.25) is 0 Å². The highest BCUT2D eigenvalue weighted by Gasteiger charge is 2.33. The lowest BCUT2D eigenvalue weighted by molar-refractivity contribution is -0.166.